The minimum Gasteiger partial charge on any atom is -0.389 e. The maximum atomic E-state index is 13.0. The smallest absolute Gasteiger partial charge is 0.209 e. The largest absolute Gasteiger partial charge is 0.389 e. The summed E-state index contributed by atoms with van der Waals surface area (Å²) in [4.78, 5) is 0.0726. The number of nitrogens with two attached hydrogens (primary N) is 2. The van der Waals surface area contributed by atoms with Crippen LogP contribution in [0.1, 0.15) is 12.0 Å². The van der Waals surface area contributed by atoms with Gasteiger partial charge in [0.25, 0.3) is 0 Å². The third-order valence-corrected chi connectivity index (χ3v) is 3.25. The van der Waals surface area contributed by atoms with Crippen molar-refractivity contribution in [1.29, 1.82) is 0 Å². The Morgan fingerprint density at radius 1 is 1.44 bits per heavy atom. The highest BCUT2D eigenvalue weighted by Gasteiger charge is 2.07. The van der Waals surface area contributed by atoms with Crippen LogP contribution >= 0.6 is 12.2 Å². The Labute approximate surface area is 110 Å². The van der Waals surface area contributed by atoms with Crippen LogP contribution in [0, 0.1) is 5.82 Å². The molecule has 0 radical (unpaired) electrons. The van der Waals surface area contributed by atoms with E-state index in [1.165, 1.54) is 18.2 Å². The Kier molecular flexibility index (Phi) is 5.00. The van der Waals surface area contributed by atoms with Crippen LogP contribution in [0.5, 0.6) is 0 Å². The quantitative estimate of drug-likeness (QED) is 0.525. The second-order valence-electron chi connectivity index (χ2n) is 3.70. The molecule has 0 saturated heterocycles. The second-order valence-corrected chi connectivity index (χ2v) is 5.88. The van der Waals surface area contributed by atoms with Crippen molar-refractivity contribution in [3.05, 3.63) is 29.6 Å². The van der Waals surface area contributed by atoms with Crippen molar-refractivity contribution >= 4 is 32.9 Å². The van der Waals surface area contributed by atoms with Gasteiger partial charge in [0.1, 0.15) is 10.8 Å². The summed E-state index contributed by atoms with van der Waals surface area (Å²) in [7, 11) is -3.46. The van der Waals surface area contributed by atoms with E-state index in [1.54, 1.807) is 0 Å². The summed E-state index contributed by atoms with van der Waals surface area (Å²) in [6, 6.07) is 3.99. The van der Waals surface area contributed by atoms with Gasteiger partial charge in [0.15, 0.2) is 0 Å². The standard InChI is InChI=1S/C10H14FN3O2S2/c11-7-2-3-9(8(6-7)10(12)17)14-4-1-5-18(13,15)16/h2-3,6,14H,1,4-5H2,(H2,12,17)(H2,13,15,16). The maximum Gasteiger partial charge on any atom is 0.209 e. The first-order valence-electron chi connectivity index (χ1n) is 5.13. The predicted molar refractivity (Wildman–Crippen MR) is 73.4 cm³/mol. The predicted octanol–water partition coefficient (Wildman–Crippen LogP) is 0.550. The minimum absolute atomic E-state index is 0.0726. The van der Waals surface area contributed by atoms with Gasteiger partial charge >= 0.3 is 0 Å². The Morgan fingerprint density at radius 2 is 2.11 bits per heavy atom. The van der Waals surface area contributed by atoms with Gasteiger partial charge in [0.2, 0.25) is 10.0 Å². The third-order valence-electron chi connectivity index (χ3n) is 2.17. The molecule has 0 amide bonds. The molecule has 0 aliphatic heterocycles. The zero-order chi connectivity index (χ0) is 13.8. The lowest BCUT2D eigenvalue weighted by molar-refractivity contribution is 0.596. The summed E-state index contributed by atoms with van der Waals surface area (Å²) in [5.74, 6) is -0.559. The molecule has 0 spiro atoms. The summed E-state index contributed by atoms with van der Waals surface area (Å²) in [5, 5.41) is 7.81. The minimum atomic E-state index is -3.46. The Morgan fingerprint density at radius 3 is 2.67 bits per heavy atom. The van der Waals surface area contributed by atoms with Crippen LogP contribution in [0.3, 0.4) is 0 Å². The molecule has 0 aromatic heterocycles. The number of primary sulfonamides is 1. The number of halogens is 1. The normalized spacial score (nSPS) is 11.2. The average molecular weight is 291 g/mol. The molecule has 100 valence electrons. The fraction of sp³-hybridized carbons (Fsp3) is 0.300. The van der Waals surface area contributed by atoms with Gasteiger partial charge in [0, 0.05) is 17.8 Å². The van der Waals surface area contributed by atoms with Crippen molar-refractivity contribution in [2.24, 2.45) is 10.9 Å². The lowest BCUT2D eigenvalue weighted by Crippen LogP contribution is -2.19. The van der Waals surface area contributed by atoms with Crippen LogP contribution in [0.15, 0.2) is 18.2 Å². The number of nitrogens with one attached hydrogen (secondary N) is 1. The first-order chi connectivity index (χ1) is 8.29. The molecule has 5 nitrogen and oxygen atoms in total. The van der Waals surface area contributed by atoms with Gasteiger partial charge in [-0.25, -0.2) is 17.9 Å². The highest BCUT2D eigenvalue weighted by Crippen LogP contribution is 2.16. The van der Waals surface area contributed by atoms with E-state index < -0.39 is 15.8 Å². The van der Waals surface area contributed by atoms with Crippen molar-refractivity contribution in [2.45, 2.75) is 6.42 Å². The second kappa shape index (κ2) is 6.07. The number of hydrogen-bond acceptors (Lipinski definition) is 4. The molecular formula is C10H14FN3O2S2. The lowest BCUT2D eigenvalue weighted by atomic mass is 10.1. The van der Waals surface area contributed by atoms with Crippen LogP contribution in [-0.4, -0.2) is 25.7 Å². The zero-order valence-corrected chi connectivity index (χ0v) is 11.2. The SMILES string of the molecule is NC(=S)c1cc(F)ccc1NCCCS(N)(=O)=O. The van der Waals surface area contributed by atoms with Gasteiger partial charge in [-0.1, -0.05) is 12.2 Å². The summed E-state index contributed by atoms with van der Waals surface area (Å²) in [5.41, 5.74) is 6.42. The van der Waals surface area contributed by atoms with E-state index in [0.29, 0.717) is 24.2 Å². The third kappa shape index (κ3) is 4.94. The first-order valence-corrected chi connectivity index (χ1v) is 7.25. The highest BCUT2D eigenvalue weighted by molar-refractivity contribution is 7.89. The fourth-order valence-corrected chi connectivity index (χ4v) is 2.09. The van der Waals surface area contributed by atoms with Crippen LogP contribution in [0.25, 0.3) is 0 Å². The number of anilines is 1. The molecular weight excluding hydrogens is 277 g/mol. The summed E-state index contributed by atoms with van der Waals surface area (Å²) in [6.45, 7) is 0.373. The average Bonchev–Trinajstić information content (AvgIpc) is 2.24. The molecule has 1 aromatic carbocycles. The topological polar surface area (TPSA) is 98.2 Å². The Hall–Kier alpha value is -1.25. The monoisotopic (exact) mass is 291 g/mol. The lowest BCUT2D eigenvalue weighted by Gasteiger charge is -2.10. The molecule has 0 bridgehead atoms. The van der Waals surface area contributed by atoms with Gasteiger partial charge in [0.05, 0.1) is 5.75 Å². The van der Waals surface area contributed by atoms with Crippen molar-refractivity contribution < 1.29 is 12.8 Å². The number of benzene rings is 1. The molecule has 0 saturated carbocycles. The van der Waals surface area contributed by atoms with E-state index in [4.69, 9.17) is 23.1 Å². The van der Waals surface area contributed by atoms with E-state index >= 15 is 0 Å². The Balaban J connectivity index is 2.65. The summed E-state index contributed by atoms with van der Waals surface area (Å²) in [6.07, 6.45) is 0.340. The van der Waals surface area contributed by atoms with E-state index in [1.807, 2.05) is 0 Å². The van der Waals surface area contributed by atoms with Crippen LogP contribution < -0.4 is 16.2 Å². The first kappa shape index (κ1) is 14.8. The molecule has 0 heterocycles. The molecule has 0 fully saturated rings. The summed E-state index contributed by atoms with van der Waals surface area (Å²) < 4.78 is 34.5. The number of sulfonamides is 1. The molecule has 1 aromatic rings. The van der Waals surface area contributed by atoms with Gasteiger partial charge in [-0.2, -0.15) is 0 Å². The molecule has 1 rings (SSSR count). The molecule has 8 heteroatoms. The number of rotatable bonds is 6. The van der Waals surface area contributed by atoms with Crippen LogP contribution in [0.4, 0.5) is 10.1 Å². The van der Waals surface area contributed by atoms with Crippen molar-refractivity contribution in [3.8, 4) is 0 Å². The number of thiocarbonyl (C=S) groups is 1. The van der Waals surface area contributed by atoms with Gasteiger partial charge in [-0.15, -0.1) is 0 Å². The zero-order valence-electron chi connectivity index (χ0n) is 9.52. The van der Waals surface area contributed by atoms with Gasteiger partial charge < -0.3 is 11.1 Å². The van der Waals surface area contributed by atoms with Gasteiger partial charge in [-0.05, 0) is 24.6 Å². The summed E-state index contributed by atoms with van der Waals surface area (Å²) >= 11 is 4.80. The van der Waals surface area contributed by atoms with E-state index in [9.17, 15) is 12.8 Å². The van der Waals surface area contributed by atoms with E-state index in [2.05, 4.69) is 5.32 Å². The van der Waals surface area contributed by atoms with Crippen molar-refractivity contribution in [3.63, 3.8) is 0 Å². The van der Waals surface area contributed by atoms with E-state index in [0.717, 1.165) is 0 Å². The number of hydrogen-bond donors (Lipinski definition) is 3. The van der Waals surface area contributed by atoms with Crippen molar-refractivity contribution in [2.75, 3.05) is 17.6 Å². The van der Waals surface area contributed by atoms with Crippen LogP contribution in [0.2, 0.25) is 0 Å². The molecule has 5 N–H and O–H groups in total. The molecule has 18 heavy (non-hydrogen) atoms. The highest BCUT2D eigenvalue weighted by atomic mass is 32.2. The van der Waals surface area contributed by atoms with Gasteiger partial charge in [-0.3, -0.25) is 0 Å². The molecule has 0 unspecified atom stereocenters. The molecule has 0 aliphatic rings. The molecule has 0 aliphatic carbocycles. The van der Waals surface area contributed by atoms with Crippen molar-refractivity contribution in [1.82, 2.24) is 0 Å². The van der Waals surface area contributed by atoms with E-state index in [-0.39, 0.29) is 10.7 Å². The van der Waals surface area contributed by atoms with Crippen LogP contribution in [-0.2, 0) is 10.0 Å². The fourth-order valence-electron chi connectivity index (χ4n) is 1.37. The Bertz CT molecular complexity index is 546. The maximum absolute atomic E-state index is 13.0. The molecule has 0 atom stereocenters.